The predicted octanol–water partition coefficient (Wildman–Crippen LogP) is 6.37. The van der Waals surface area contributed by atoms with Gasteiger partial charge in [0.05, 0.1) is 10.4 Å². The number of halogens is 4. The number of aliphatic hydroxyl groups is 1. The highest BCUT2D eigenvalue weighted by Crippen LogP contribution is 2.40. The lowest BCUT2D eigenvalue weighted by molar-refractivity contribution is -0.258. The number of benzene rings is 1. The minimum absolute atomic E-state index is 0.272. The Kier molecular flexibility index (Phi) is 5.30. The predicted molar refractivity (Wildman–Crippen MR) is 113 cm³/mol. The third-order valence-corrected chi connectivity index (χ3v) is 6.45. The first-order valence-electron chi connectivity index (χ1n) is 9.03. The van der Waals surface area contributed by atoms with Crippen molar-refractivity contribution in [2.75, 3.05) is 0 Å². The van der Waals surface area contributed by atoms with Crippen LogP contribution in [0, 0.1) is 0 Å². The minimum Gasteiger partial charge on any atom is -0.376 e. The lowest BCUT2D eigenvalue weighted by atomic mass is 9.95. The molecule has 3 nitrogen and oxygen atoms in total. The summed E-state index contributed by atoms with van der Waals surface area (Å²) in [6.07, 6.45) is -1.33. The van der Waals surface area contributed by atoms with Gasteiger partial charge in [0.2, 0.25) is 0 Å². The van der Waals surface area contributed by atoms with Crippen molar-refractivity contribution in [3.63, 3.8) is 0 Å². The molecule has 154 valence electrons. The topological polar surface area (TPSA) is 46.0 Å². The molecule has 4 aromatic rings. The van der Waals surface area contributed by atoms with Crippen molar-refractivity contribution in [3.05, 3.63) is 82.0 Å². The minimum atomic E-state index is -4.81. The molecule has 0 radical (unpaired) electrons. The van der Waals surface area contributed by atoms with Gasteiger partial charge >= 0.3 is 6.18 Å². The van der Waals surface area contributed by atoms with Gasteiger partial charge in [0.25, 0.3) is 0 Å². The first-order valence-corrected chi connectivity index (χ1v) is 10.2. The van der Waals surface area contributed by atoms with Crippen molar-refractivity contribution in [3.8, 4) is 11.4 Å². The van der Waals surface area contributed by atoms with Crippen molar-refractivity contribution in [2.24, 2.45) is 0 Å². The van der Waals surface area contributed by atoms with Crippen molar-refractivity contribution in [1.29, 1.82) is 0 Å². The monoisotopic (exact) mass is 448 g/mol. The number of aromatic nitrogens is 2. The van der Waals surface area contributed by atoms with Crippen LogP contribution >= 0.6 is 22.9 Å². The van der Waals surface area contributed by atoms with Gasteiger partial charge in [-0.1, -0.05) is 29.8 Å². The molecule has 3 heterocycles. The second kappa shape index (κ2) is 7.65. The van der Waals surface area contributed by atoms with E-state index >= 15 is 0 Å². The van der Waals surface area contributed by atoms with E-state index in [-0.39, 0.29) is 11.3 Å². The quantitative estimate of drug-likeness (QED) is 0.394. The molecule has 8 heteroatoms. The van der Waals surface area contributed by atoms with Crippen LogP contribution in [0.2, 0.25) is 5.02 Å². The molecule has 4 rings (SSSR count). The Labute approximate surface area is 179 Å². The SMILES string of the molecule is CC(O)(c1ccnc(-c2nccc3cc(Cc4ccccc4Cl)sc23)c1)C(F)(F)F. The van der Waals surface area contributed by atoms with Crippen LogP contribution in [0.15, 0.2) is 60.9 Å². The van der Waals surface area contributed by atoms with E-state index in [0.717, 1.165) is 33.5 Å². The average Bonchev–Trinajstić information content (AvgIpc) is 3.11. The van der Waals surface area contributed by atoms with E-state index in [1.807, 2.05) is 36.4 Å². The van der Waals surface area contributed by atoms with Crippen molar-refractivity contribution in [1.82, 2.24) is 9.97 Å². The van der Waals surface area contributed by atoms with Gasteiger partial charge in [-0.05, 0) is 53.8 Å². The zero-order valence-electron chi connectivity index (χ0n) is 15.7. The van der Waals surface area contributed by atoms with Crippen molar-refractivity contribution < 1.29 is 18.3 Å². The maximum atomic E-state index is 13.3. The summed E-state index contributed by atoms with van der Waals surface area (Å²) in [7, 11) is 0. The summed E-state index contributed by atoms with van der Waals surface area (Å²) in [6, 6.07) is 13.8. The summed E-state index contributed by atoms with van der Waals surface area (Å²) in [5.74, 6) is 0. The summed E-state index contributed by atoms with van der Waals surface area (Å²) < 4.78 is 40.6. The fourth-order valence-corrected chi connectivity index (χ4v) is 4.52. The number of rotatable bonds is 4. The van der Waals surface area contributed by atoms with Crippen LogP contribution in [-0.4, -0.2) is 21.3 Å². The molecule has 1 atom stereocenters. The molecule has 0 spiro atoms. The van der Waals surface area contributed by atoms with Crippen LogP contribution in [0.1, 0.15) is 22.9 Å². The van der Waals surface area contributed by atoms with Crippen LogP contribution < -0.4 is 0 Å². The number of hydrogen-bond donors (Lipinski definition) is 1. The Morgan fingerprint density at radius 2 is 1.77 bits per heavy atom. The number of thiophene rings is 1. The van der Waals surface area contributed by atoms with Gasteiger partial charge in [0, 0.05) is 28.7 Å². The maximum Gasteiger partial charge on any atom is 0.421 e. The molecule has 30 heavy (non-hydrogen) atoms. The summed E-state index contributed by atoms with van der Waals surface area (Å²) in [4.78, 5) is 9.61. The molecule has 0 fully saturated rings. The molecular formula is C22H16ClF3N2OS. The Bertz CT molecular complexity index is 1220. The van der Waals surface area contributed by atoms with Crippen LogP contribution in [0.25, 0.3) is 21.5 Å². The number of fused-ring (bicyclic) bond motifs is 1. The number of nitrogens with zero attached hydrogens (tertiary/aromatic N) is 2. The Morgan fingerprint density at radius 3 is 2.50 bits per heavy atom. The summed E-state index contributed by atoms with van der Waals surface area (Å²) in [5, 5.41) is 11.6. The molecular weight excluding hydrogens is 433 g/mol. The van der Waals surface area contributed by atoms with Crippen LogP contribution in [0.4, 0.5) is 13.2 Å². The van der Waals surface area contributed by atoms with Crippen LogP contribution in [0.5, 0.6) is 0 Å². The van der Waals surface area contributed by atoms with Gasteiger partial charge in [-0.25, -0.2) is 0 Å². The van der Waals surface area contributed by atoms with E-state index < -0.39 is 11.8 Å². The third kappa shape index (κ3) is 3.80. The van der Waals surface area contributed by atoms with Gasteiger partial charge < -0.3 is 5.11 Å². The van der Waals surface area contributed by atoms with Gasteiger partial charge in [-0.3, -0.25) is 9.97 Å². The molecule has 1 aromatic carbocycles. The summed E-state index contributed by atoms with van der Waals surface area (Å²) >= 11 is 7.76. The number of pyridine rings is 2. The molecule has 0 amide bonds. The molecule has 0 aliphatic rings. The van der Waals surface area contributed by atoms with E-state index in [2.05, 4.69) is 9.97 Å². The molecule has 0 saturated heterocycles. The first-order chi connectivity index (χ1) is 14.2. The highest BCUT2D eigenvalue weighted by Gasteiger charge is 2.51. The smallest absolute Gasteiger partial charge is 0.376 e. The standard InChI is InChI=1S/C22H16ClF3N2OS/c1-21(29,22(24,25)26)15-7-9-27-18(12-15)19-20-14(6-8-28-19)11-16(30-20)10-13-4-2-3-5-17(13)23/h2-9,11-12,29H,10H2,1H3. The highest BCUT2D eigenvalue weighted by atomic mass is 35.5. The average molecular weight is 449 g/mol. The third-order valence-electron chi connectivity index (χ3n) is 4.92. The zero-order chi connectivity index (χ0) is 21.5. The van der Waals surface area contributed by atoms with E-state index in [4.69, 9.17) is 11.6 Å². The Hall–Kier alpha value is -2.48. The molecule has 0 bridgehead atoms. The van der Waals surface area contributed by atoms with Gasteiger partial charge in [0.15, 0.2) is 5.60 Å². The van der Waals surface area contributed by atoms with Crippen molar-refractivity contribution in [2.45, 2.75) is 25.1 Å². The first kappa shape index (κ1) is 20.8. The Morgan fingerprint density at radius 1 is 1.03 bits per heavy atom. The number of alkyl halides is 3. The van der Waals surface area contributed by atoms with Crippen LogP contribution in [0.3, 0.4) is 0 Å². The Balaban J connectivity index is 1.76. The van der Waals surface area contributed by atoms with E-state index in [0.29, 0.717) is 17.1 Å². The highest BCUT2D eigenvalue weighted by molar-refractivity contribution is 7.19. The second-order valence-corrected chi connectivity index (χ2v) is 8.60. The summed E-state index contributed by atoms with van der Waals surface area (Å²) in [5.41, 5.74) is -1.53. The maximum absolute atomic E-state index is 13.3. The van der Waals surface area contributed by atoms with Gasteiger partial charge in [-0.15, -0.1) is 11.3 Å². The molecule has 1 unspecified atom stereocenters. The normalized spacial score (nSPS) is 14.1. The van der Waals surface area contributed by atoms with E-state index in [1.165, 1.54) is 23.6 Å². The molecule has 3 aromatic heterocycles. The van der Waals surface area contributed by atoms with Crippen LogP contribution in [-0.2, 0) is 12.0 Å². The fraction of sp³-hybridized carbons (Fsp3) is 0.182. The summed E-state index contributed by atoms with van der Waals surface area (Å²) in [6.45, 7) is 0.729. The fourth-order valence-electron chi connectivity index (χ4n) is 3.14. The molecule has 0 aliphatic heterocycles. The van der Waals surface area contributed by atoms with E-state index in [1.54, 1.807) is 6.20 Å². The van der Waals surface area contributed by atoms with Gasteiger partial charge in [0.1, 0.15) is 5.69 Å². The lowest BCUT2D eigenvalue weighted by Crippen LogP contribution is -2.39. The largest absolute Gasteiger partial charge is 0.421 e. The molecule has 1 N–H and O–H groups in total. The van der Waals surface area contributed by atoms with E-state index in [9.17, 15) is 18.3 Å². The molecule has 0 saturated carbocycles. The van der Waals surface area contributed by atoms with Gasteiger partial charge in [-0.2, -0.15) is 13.2 Å². The number of hydrogen-bond acceptors (Lipinski definition) is 4. The molecule has 0 aliphatic carbocycles. The zero-order valence-corrected chi connectivity index (χ0v) is 17.3. The second-order valence-electron chi connectivity index (χ2n) is 7.06. The lowest BCUT2D eigenvalue weighted by Gasteiger charge is -2.26. The van der Waals surface area contributed by atoms with Crippen molar-refractivity contribution >= 4 is 33.0 Å².